The summed E-state index contributed by atoms with van der Waals surface area (Å²) in [5.74, 6) is -0.523. The first-order valence-electron chi connectivity index (χ1n) is 6.41. The van der Waals surface area contributed by atoms with E-state index >= 15 is 0 Å². The van der Waals surface area contributed by atoms with Crippen molar-refractivity contribution in [3.8, 4) is 5.88 Å². The standard InChI is InChI=1S/C14H12N4O3S/c1-6-3-7(2)10-9(4-6)22-14(16-10)15-5-8-11(19)17-13(21)18-12(8)20/h3-5H,1-2H3,(H3,17,18,19,20,21). The van der Waals surface area contributed by atoms with Gasteiger partial charge in [0.05, 0.1) is 10.2 Å². The van der Waals surface area contributed by atoms with Gasteiger partial charge in [0.1, 0.15) is 5.56 Å². The molecule has 0 unspecified atom stereocenters. The third-order valence-corrected chi connectivity index (χ3v) is 3.99. The number of aliphatic imine (C=N–C) groups is 1. The number of nitrogens with one attached hydrogen (secondary N) is 2. The largest absolute Gasteiger partial charge is 0.494 e. The maximum atomic E-state index is 11.6. The molecule has 3 aromatic rings. The summed E-state index contributed by atoms with van der Waals surface area (Å²) in [4.78, 5) is 35.2. The monoisotopic (exact) mass is 316 g/mol. The Morgan fingerprint density at radius 2 is 2.05 bits per heavy atom. The molecule has 3 rings (SSSR count). The zero-order valence-corrected chi connectivity index (χ0v) is 12.6. The summed E-state index contributed by atoms with van der Waals surface area (Å²) in [7, 11) is 0. The number of nitrogens with zero attached hydrogens (tertiary/aromatic N) is 2. The fraction of sp³-hybridized carbons (Fsp3) is 0.143. The van der Waals surface area contributed by atoms with E-state index in [2.05, 4.69) is 15.0 Å². The molecule has 0 aliphatic carbocycles. The van der Waals surface area contributed by atoms with Crippen molar-refractivity contribution in [2.75, 3.05) is 0 Å². The van der Waals surface area contributed by atoms with Gasteiger partial charge in [0, 0.05) is 6.21 Å². The lowest BCUT2D eigenvalue weighted by molar-refractivity contribution is 0.447. The van der Waals surface area contributed by atoms with Gasteiger partial charge in [0.2, 0.25) is 11.0 Å². The van der Waals surface area contributed by atoms with E-state index in [9.17, 15) is 14.7 Å². The van der Waals surface area contributed by atoms with Gasteiger partial charge in [-0.25, -0.2) is 14.8 Å². The molecule has 0 spiro atoms. The van der Waals surface area contributed by atoms with E-state index < -0.39 is 17.1 Å². The fourth-order valence-electron chi connectivity index (χ4n) is 2.14. The summed E-state index contributed by atoms with van der Waals surface area (Å²) in [5, 5.41) is 10.1. The van der Waals surface area contributed by atoms with Gasteiger partial charge in [-0.3, -0.25) is 14.8 Å². The van der Waals surface area contributed by atoms with Gasteiger partial charge >= 0.3 is 5.69 Å². The van der Waals surface area contributed by atoms with E-state index in [-0.39, 0.29) is 5.56 Å². The first-order chi connectivity index (χ1) is 10.4. The summed E-state index contributed by atoms with van der Waals surface area (Å²) < 4.78 is 1.00. The van der Waals surface area contributed by atoms with Gasteiger partial charge < -0.3 is 5.11 Å². The highest BCUT2D eigenvalue weighted by molar-refractivity contribution is 7.22. The number of benzene rings is 1. The van der Waals surface area contributed by atoms with Crippen LogP contribution in [0.15, 0.2) is 26.7 Å². The number of H-pyrrole nitrogens is 2. The molecule has 0 saturated carbocycles. The molecule has 7 nitrogen and oxygen atoms in total. The average molecular weight is 316 g/mol. The number of fused-ring (bicyclic) bond motifs is 1. The van der Waals surface area contributed by atoms with Crippen molar-refractivity contribution in [3.63, 3.8) is 0 Å². The molecule has 0 amide bonds. The van der Waals surface area contributed by atoms with E-state index in [0.717, 1.165) is 21.3 Å². The van der Waals surface area contributed by atoms with Crippen LogP contribution >= 0.6 is 11.3 Å². The van der Waals surface area contributed by atoms with Crippen molar-refractivity contribution in [1.29, 1.82) is 0 Å². The van der Waals surface area contributed by atoms with Crippen molar-refractivity contribution >= 4 is 32.9 Å². The molecular formula is C14H12N4O3S. The second-order valence-corrected chi connectivity index (χ2v) is 5.86. The van der Waals surface area contributed by atoms with Crippen LogP contribution in [0.3, 0.4) is 0 Å². The Bertz CT molecular complexity index is 1010. The summed E-state index contributed by atoms with van der Waals surface area (Å²) in [5.41, 5.74) is 1.45. The normalized spacial score (nSPS) is 11.5. The Labute approximate surface area is 128 Å². The number of aromatic amines is 2. The lowest BCUT2D eigenvalue weighted by Gasteiger charge is -1.95. The maximum absolute atomic E-state index is 11.6. The fourth-order valence-corrected chi connectivity index (χ4v) is 3.12. The third-order valence-electron chi connectivity index (χ3n) is 3.08. The van der Waals surface area contributed by atoms with Crippen LogP contribution in [0.4, 0.5) is 5.13 Å². The molecule has 0 bridgehead atoms. The predicted octanol–water partition coefficient (Wildman–Crippen LogP) is 1.75. The number of hydrogen-bond donors (Lipinski definition) is 3. The van der Waals surface area contributed by atoms with Crippen LogP contribution in [-0.4, -0.2) is 26.3 Å². The summed E-state index contributed by atoms with van der Waals surface area (Å²) in [6, 6.07) is 4.05. The minimum atomic E-state index is -0.772. The zero-order chi connectivity index (χ0) is 15.9. The van der Waals surface area contributed by atoms with E-state index in [1.165, 1.54) is 17.6 Å². The minimum absolute atomic E-state index is 0.119. The van der Waals surface area contributed by atoms with Gasteiger partial charge in [-0.1, -0.05) is 17.4 Å². The topological polar surface area (TPSA) is 111 Å². The van der Waals surface area contributed by atoms with E-state index in [1.807, 2.05) is 31.0 Å². The molecule has 2 aromatic heterocycles. The van der Waals surface area contributed by atoms with E-state index in [0.29, 0.717) is 5.13 Å². The molecule has 3 N–H and O–H groups in total. The van der Waals surface area contributed by atoms with Crippen molar-refractivity contribution in [2.45, 2.75) is 13.8 Å². The van der Waals surface area contributed by atoms with Crippen LogP contribution in [0.5, 0.6) is 5.88 Å². The highest BCUT2D eigenvalue weighted by atomic mass is 32.1. The molecule has 112 valence electrons. The minimum Gasteiger partial charge on any atom is -0.494 e. The molecular weight excluding hydrogens is 304 g/mol. The van der Waals surface area contributed by atoms with Crippen molar-refractivity contribution < 1.29 is 5.11 Å². The Hall–Kier alpha value is -2.74. The first kappa shape index (κ1) is 14.2. The van der Waals surface area contributed by atoms with E-state index in [4.69, 9.17) is 0 Å². The number of aromatic hydroxyl groups is 1. The molecule has 1 aromatic carbocycles. The van der Waals surface area contributed by atoms with Crippen molar-refractivity contribution in [3.05, 3.63) is 49.7 Å². The lowest BCUT2D eigenvalue weighted by Crippen LogP contribution is -2.24. The van der Waals surface area contributed by atoms with Crippen LogP contribution in [0.1, 0.15) is 16.7 Å². The Morgan fingerprint density at radius 1 is 1.27 bits per heavy atom. The van der Waals surface area contributed by atoms with Crippen LogP contribution in [0, 0.1) is 13.8 Å². The molecule has 2 heterocycles. The summed E-state index contributed by atoms with van der Waals surface area (Å²) in [6.45, 7) is 3.98. The summed E-state index contributed by atoms with van der Waals surface area (Å²) >= 11 is 1.38. The Kier molecular flexibility index (Phi) is 3.38. The lowest BCUT2D eigenvalue weighted by atomic mass is 10.1. The number of rotatable bonds is 2. The zero-order valence-electron chi connectivity index (χ0n) is 11.8. The highest BCUT2D eigenvalue weighted by Gasteiger charge is 2.08. The Balaban J connectivity index is 2.05. The summed E-state index contributed by atoms with van der Waals surface area (Å²) in [6.07, 6.45) is 1.18. The van der Waals surface area contributed by atoms with Gasteiger partial charge in [0.25, 0.3) is 5.56 Å². The smallest absolute Gasteiger partial charge is 0.328 e. The predicted molar refractivity (Wildman–Crippen MR) is 85.7 cm³/mol. The quantitative estimate of drug-likeness (QED) is 0.625. The second kappa shape index (κ2) is 5.23. The second-order valence-electron chi connectivity index (χ2n) is 4.85. The molecule has 0 radical (unpaired) electrons. The molecule has 0 fully saturated rings. The van der Waals surface area contributed by atoms with Gasteiger partial charge in [0.15, 0.2) is 0 Å². The molecule has 0 aliphatic heterocycles. The molecule has 0 saturated heterocycles. The molecule has 0 atom stereocenters. The van der Waals surface area contributed by atoms with Crippen LogP contribution in [0.25, 0.3) is 10.2 Å². The maximum Gasteiger partial charge on any atom is 0.328 e. The average Bonchev–Trinajstić information content (AvgIpc) is 2.80. The van der Waals surface area contributed by atoms with E-state index in [1.54, 1.807) is 0 Å². The van der Waals surface area contributed by atoms with Crippen LogP contribution in [0.2, 0.25) is 0 Å². The molecule has 8 heteroatoms. The molecule has 0 aliphatic rings. The number of aryl methyl sites for hydroxylation is 2. The first-order valence-corrected chi connectivity index (χ1v) is 7.23. The number of hydrogen-bond acceptors (Lipinski definition) is 6. The van der Waals surface area contributed by atoms with Crippen LogP contribution in [-0.2, 0) is 0 Å². The molecule has 22 heavy (non-hydrogen) atoms. The van der Waals surface area contributed by atoms with Crippen LogP contribution < -0.4 is 11.2 Å². The number of thiazole rings is 1. The van der Waals surface area contributed by atoms with Gasteiger partial charge in [-0.05, 0) is 31.0 Å². The van der Waals surface area contributed by atoms with Gasteiger partial charge in [-0.2, -0.15) is 0 Å². The highest BCUT2D eigenvalue weighted by Crippen LogP contribution is 2.30. The SMILES string of the molecule is Cc1cc(C)c2nc(N=Cc3c(O)[nH]c(=O)[nH]c3=O)sc2c1. The number of aromatic nitrogens is 3. The Morgan fingerprint density at radius 3 is 2.77 bits per heavy atom. The van der Waals surface area contributed by atoms with Crippen molar-refractivity contribution in [1.82, 2.24) is 15.0 Å². The third kappa shape index (κ3) is 2.56. The van der Waals surface area contributed by atoms with Gasteiger partial charge in [-0.15, -0.1) is 0 Å². The van der Waals surface area contributed by atoms with Crippen molar-refractivity contribution in [2.24, 2.45) is 4.99 Å².